The molecule has 0 spiro atoms. The number of rotatable bonds is 5. The second-order valence-corrected chi connectivity index (χ2v) is 6.52. The zero-order valence-corrected chi connectivity index (χ0v) is 13.5. The van der Waals surface area contributed by atoms with E-state index >= 15 is 0 Å². The van der Waals surface area contributed by atoms with Gasteiger partial charge in [-0.2, -0.15) is 0 Å². The van der Waals surface area contributed by atoms with Crippen LogP contribution < -0.4 is 0 Å². The van der Waals surface area contributed by atoms with Crippen LogP contribution in [0.15, 0.2) is 16.3 Å². The van der Waals surface area contributed by atoms with Gasteiger partial charge in [-0.1, -0.05) is 0 Å². The van der Waals surface area contributed by atoms with Gasteiger partial charge < -0.3 is 20.0 Å². The fraction of sp³-hybridized carbons (Fsp3) is 0.688. The van der Waals surface area contributed by atoms with Gasteiger partial charge >= 0.3 is 5.97 Å². The van der Waals surface area contributed by atoms with E-state index in [-0.39, 0.29) is 23.6 Å². The lowest BCUT2D eigenvalue weighted by Gasteiger charge is -2.44. The van der Waals surface area contributed by atoms with Crippen LogP contribution in [0.4, 0.5) is 0 Å². The zero-order chi connectivity index (χ0) is 16.7. The van der Waals surface area contributed by atoms with E-state index in [1.807, 2.05) is 13.3 Å². The van der Waals surface area contributed by atoms with Crippen molar-refractivity contribution in [1.29, 1.82) is 0 Å². The minimum Gasteiger partial charge on any atom is -0.477 e. The maximum atomic E-state index is 12.2. The molecule has 126 valence electrons. The van der Waals surface area contributed by atoms with Gasteiger partial charge in [0.15, 0.2) is 0 Å². The van der Waals surface area contributed by atoms with Crippen molar-refractivity contribution in [1.82, 2.24) is 9.80 Å². The van der Waals surface area contributed by atoms with E-state index < -0.39 is 18.0 Å². The van der Waals surface area contributed by atoms with Crippen LogP contribution in [-0.2, 0) is 9.59 Å². The van der Waals surface area contributed by atoms with Gasteiger partial charge in [0.1, 0.15) is 5.70 Å². The summed E-state index contributed by atoms with van der Waals surface area (Å²) in [6.45, 7) is 5.88. The first-order valence-corrected chi connectivity index (χ1v) is 8.17. The summed E-state index contributed by atoms with van der Waals surface area (Å²) in [4.78, 5) is 31.6. The molecule has 3 aliphatic rings. The highest BCUT2D eigenvalue weighted by Gasteiger charge is 2.57. The van der Waals surface area contributed by atoms with Crippen molar-refractivity contribution in [2.75, 3.05) is 19.6 Å². The van der Waals surface area contributed by atoms with Gasteiger partial charge in [0, 0.05) is 25.6 Å². The summed E-state index contributed by atoms with van der Waals surface area (Å²) >= 11 is 0. The van der Waals surface area contributed by atoms with Gasteiger partial charge in [0.05, 0.1) is 24.4 Å². The summed E-state index contributed by atoms with van der Waals surface area (Å²) in [6, 6.07) is -0.193. The molecule has 3 aliphatic heterocycles. The Labute approximate surface area is 135 Å². The van der Waals surface area contributed by atoms with Gasteiger partial charge in [-0.15, -0.1) is 0 Å². The SMILES string of the molecule is CCN=CN1CC[C@@H](C2=C(C(=O)O)N3C(=O)[C@H]([C@@H](C)O)[C@H]3C2)C1. The van der Waals surface area contributed by atoms with Crippen LogP contribution in [-0.4, -0.2) is 70.0 Å². The second kappa shape index (κ2) is 5.96. The van der Waals surface area contributed by atoms with Crippen LogP contribution in [0.2, 0.25) is 0 Å². The van der Waals surface area contributed by atoms with Crippen molar-refractivity contribution >= 4 is 18.2 Å². The fourth-order valence-electron chi connectivity index (χ4n) is 4.04. The highest BCUT2D eigenvalue weighted by atomic mass is 16.4. The lowest BCUT2D eigenvalue weighted by Crippen LogP contribution is -2.61. The molecule has 2 saturated heterocycles. The molecule has 4 atom stereocenters. The van der Waals surface area contributed by atoms with Gasteiger partial charge in [-0.25, -0.2) is 4.79 Å². The molecule has 1 amide bonds. The maximum absolute atomic E-state index is 12.2. The average molecular weight is 321 g/mol. The number of aliphatic hydroxyl groups is 1. The van der Waals surface area contributed by atoms with E-state index in [9.17, 15) is 19.8 Å². The van der Waals surface area contributed by atoms with Crippen molar-refractivity contribution in [2.45, 2.75) is 38.8 Å². The molecule has 7 heteroatoms. The molecule has 2 fully saturated rings. The average Bonchev–Trinajstić information content (AvgIpc) is 3.06. The number of fused-ring (bicyclic) bond motifs is 1. The number of carbonyl (C=O) groups excluding carboxylic acids is 1. The summed E-state index contributed by atoms with van der Waals surface area (Å²) in [5.74, 6) is -1.64. The molecule has 7 nitrogen and oxygen atoms in total. The van der Waals surface area contributed by atoms with Crippen LogP contribution in [0.25, 0.3) is 0 Å². The fourth-order valence-corrected chi connectivity index (χ4v) is 4.04. The highest BCUT2D eigenvalue weighted by molar-refractivity contribution is 5.99. The van der Waals surface area contributed by atoms with E-state index in [1.54, 1.807) is 6.92 Å². The molecule has 0 aliphatic carbocycles. The van der Waals surface area contributed by atoms with Gasteiger partial charge in [-0.3, -0.25) is 9.79 Å². The smallest absolute Gasteiger partial charge is 0.352 e. The number of aliphatic imine (C=N–C) groups is 1. The van der Waals surface area contributed by atoms with Crippen molar-refractivity contribution < 1.29 is 19.8 Å². The molecule has 0 aromatic rings. The number of nitrogens with zero attached hydrogens (tertiary/aromatic N) is 3. The quantitative estimate of drug-likeness (QED) is 0.432. The Balaban J connectivity index is 1.81. The number of carboxylic acids is 1. The van der Waals surface area contributed by atoms with Crippen molar-refractivity contribution in [3.63, 3.8) is 0 Å². The van der Waals surface area contributed by atoms with Crippen LogP contribution in [0.3, 0.4) is 0 Å². The second-order valence-electron chi connectivity index (χ2n) is 6.52. The maximum Gasteiger partial charge on any atom is 0.352 e. The van der Waals surface area contributed by atoms with E-state index in [0.717, 1.165) is 31.6 Å². The Morgan fingerprint density at radius 2 is 2.26 bits per heavy atom. The summed E-state index contributed by atoms with van der Waals surface area (Å²) in [6.07, 6.45) is 2.52. The number of likely N-dealkylation sites (tertiary alicyclic amines) is 1. The number of aliphatic hydroxyl groups excluding tert-OH is 1. The molecule has 2 N–H and O–H groups in total. The Hall–Kier alpha value is -1.89. The largest absolute Gasteiger partial charge is 0.477 e. The molecule has 0 aromatic heterocycles. The first kappa shape index (κ1) is 16.0. The summed E-state index contributed by atoms with van der Waals surface area (Å²) in [5.41, 5.74) is 1.00. The molecule has 0 radical (unpaired) electrons. The Bertz CT molecular complexity index is 584. The molecule has 0 unspecified atom stereocenters. The predicted octanol–water partition coefficient (Wildman–Crippen LogP) is 0.307. The van der Waals surface area contributed by atoms with Gasteiger partial charge in [-0.05, 0) is 32.3 Å². The Kier molecular flexibility index (Phi) is 4.14. The normalized spacial score (nSPS) is 31.8. The standard InChI is InChI=1S/C16H23N3O4/c1-3-17-8-18-5-4-10(7-18)11-6-12-13(9(2)20)15(21)19(12)14(11)16(22)23/h8-10,12-13,20H,3-7H2,1-2H3,(H,22,23)/t9-,10-,12-,13-/m1/s1. The van der Waals surface area contributed by atoms with Crippen molar-refractivity contribution in [3.8, 4) is 0 Å². The molecular formula is C16H23N3O4. The zero-order valence-electron chi connectivity index (χ0n) is 13.5. The molecule has 0 saturated carbocycles. The van der Waals surface area contributed by atoms with Gasteiger partial charge in [0.25, 0.3) is 0 Å². The summed E-state index contributed by atoms with van der Waals surface area (Å²) in [7, 11) is 0. The number of amides is 1. The van der Waals surface area contributed by atoms with E-state index in [1.165, 1.54) is 4.90 Å². The third kappa shape index (κ3) is 2.52. The summed E-state index contributed by atoms with van der Waals surface area (Å²) in [5, 5.41) is 19.3. The number of carboxylic acid groups (broad SMARTS) is 1. The number of carbonyl (C=O) groups is 2. The van der Waals surface area contributed by atoms with E-state index in [2.05, 4.69) is 9.89 Å². The first-order valence-electron chi connectivity index (χ1n) is 8.17. The Morgan fingerprint density at radius 1 is 1.52 bits per heavy atom. The molecule has 23 heavy (non-hydrogen) atoms. The number of aliphatic carboxylic acids is 1. The lowest BCUT2D eigenvalue weighted by molar-refractivity contribution is -0.161. The van der Waals surface area contributed by atoms with Gasteiger partial charge in [0.2, 0.25) is 5.91 Å². The minimum atomic E-state index is -1.04. The molecule has 0 bridgehead atoms. The Morgan fingerprint density at radius 3 is 2.87 bits per heavy atom. The highest BCUT2D eigenvalue weighted by Crippen LogP contribution is 2.47. The number of hydrogen-bond donors (Lipinski definition) is 2. The molecule has 3 heterocycles. The molecule has 0 aromatic carbocycles. The number of hydrogen-bond acceptors (Lipinski definition) is 4. The number of β-lactam (4-membered cyclic amide) rings is 1. The first-order chi connectivity index (χ1) is 11.0. The molecule has 3 rings (SSSR count). The van der Waals surface area contributed by atoms with Crippen LogP contribution in [0, 0.1) is 11.8 Å². The van der Waals surface area contributed by atoms with Crippen molar-refractivity contribution in [2.24, 2.45) is 16.8 Å². The van der Waals surface area contributed by atoms with E-state index in [0.29, 0.717) is 6.42 Å². The van der Waals surface area contributed by atoms with Crippen LogP contribution >= 0.6 is 0 Å². The summed E-state index contributed by atoms with van der Waals surface area (Å²) < 4.78 is 0. The third-order valence-corrected chi connectivity index (χ3v) is 5.11. The van der Waals surface area contributed by atoms with Crippen LogP contribution in [0.5, 0.6) is 0 Å². The third-order valence-electron chi connectivity index (χ3n) is 5.11. The van der Waals surface area contributed by atoms with Crippen molar-refractivity contribution in [3.05, 3.63) is 11.3 Å². The predicted molar refractivity (Wildman–Crippen MR) is 83.8 cm³/mol. The van der Waals surface area contributed by atoms with Crippen LogP contribution in [0.1, 0.15) is 26.7 Å². The molecular weight excluding hydrogens is 298 g/mol. The lowest BCUT2D eigenvalue weighted by atomic mass is 9.82. The van der Waals surface area contributed by atoms with E-state index in [4.69, 9.17) is 0 Å². The monoisotopic (exact) mass is 321 g/mol. The topological polar surface area (TPSA) is 93.4 Å². The minimum absolute atomic E-state index is 0.137.